The van der Waals surface area contributed by atoms with Gasteiger partial charge in [-0.05, 0) is 49.2 Å². The number of carbonyl (C=O) groups is 1. The molecule has 0 aliphatic rings. The van der Waals surface area contributed by atoms with Crippen LogP contribution in [0.1, 0.15) is 35.8 Å². The summed E-state index contributed by atoms with van der Waals surface area (Å²) in [5.74, 6) is -0.575. The topological polar surface area (TPSA) is 46.9 Å². The van der Waals surface area contributed by atoms with E-state index >= 15 is 0 Å². The number of nitrogens with one attached hydrogen (secondary N) is 1. The maximum atomic E-state index is 14.2. The lowest BCUT2D eigenvalue weighted by molar-refractivity contribution is 0.0945. The van der Waals surface area contributed by atoms with Crippen molar-refractivity contribution in [2.75, 3.05) is 6.54 Å². The number of hydrogen-bond acceptors (Lipinski definition) is 2. The molecule has 134 valence electrons. The Bertz CT molecular complexity index is 917. The van der Waals surface area contributed by atoms with Crippen LogP contribution in [0, 0.1) is 12.7 Å². The first-order valence-electron chi connectivity index (χ1n) is 8.80. The molecule has 1 heterocycles. The van der Waals surface area contributed by atoms with Gasteiger partial charge in [0.1, 0.15) is 11.5 Å². The molecule has 0 atom stereocenters. The number of aryl methyl sites for hydroxylation is 1. The number of aromatic nitrogens is 2. The molecule has 0 fully saturated rings. The molecule has 0 saturated carbocycles. The van der Waals surface area contributed by atoms with Gasteiger partial charge in [-0.25, -0.2) is 9.07 Å². The van der Waals surface area contributed by atoms with Gasteiger partial charge in [-0.1, -0.05) is 37.6 Å². The number of benzene rings is 2. The van der Waals surface area contributed by atoms with Crippen molar-refractivity contribution in [3.05, 3.63) is 71.7 Å². The summed E-state index contributed by atoms with van der Waals surface area (Å²) >= 11 is 0. The molecule has 1 N–H and O–H groups in total. The summed E-state index contributed by atoms with van der Waals surface area (Å²) in [5, 5.41) is 7.43. The van der Waals surface area contributed by atoms with Crippen LogP contribution in [0.2, 0.25) is 0 Å². The van der Waals surface area contributed by atoms with Crippen molar-refractivity contribution in [1.82, 2.24) is 15.1 Å². The SMILES string of the molecule is CCCCNC(=O)c1cc(-c2ccccc2F)nn1-c1cccc(C)c1. The van der Waals surface area contributed by atoms with Crippen molar-refractivity contribution >= 4 is 5.91 Å². The Balaban J connectivity index is 2.06. The van der Waals surface area contributed by atoms with Crippen LogP contribution in [0.15, 0.2) is 54.6 Å². The Morgan fingerprint density at radius 3 is 2.69 bits per heavy atom. The van der Waals surface area contributed by atoms with E-state index in [1.807, 2.05) is 31.2 Å². The predicted octanol–water partition coefficient (Wildman–Crippen LogP) is 4.52. The van der Waals surface area contributed by atoms with Crippen LogP contribution in [0.3, 0.4) is 0 Å². The van der Waals surface area contributed by atoms with Gasteiger partial charge in [-0.15, -0.1) is 0 Å². The monoisotopic (exact) mass is 351 g/mol. The van der Waals surface area contributed by atoms with Gasteiger partial charge < -0.3 is 5.32 Å². The van der Waals surface area contributed by atoms with Gasteiger partial charge >= 0.3 is 0 Å². The smallest absolute Gasteiger partial charge is 0.270 e. The van der Waals surface area contributed by atoms with Gasteiger partial charge in [0.25, 0.3) is 5.91 Å². The fourth-order valence-electron chi connectivity index (χ4n) is 2.77. The van der Waals surface area contributed by atoms with E-state index in [1.165, 1.54) is 6.07 Å². The summed E-state index contributed by atoms with van der Waals surface area (Å²) in [6.45, 7) is 4.65. The number of amides is 1. The van der Waals surface area contributed by atoms with Crippen LogP contribution < -0.4 is 5.32 Å². The molecular weight excluding hydrogens is 329 g/mol. The molecule has 0 aliphatic carbocycles. The zero-order valence-corrected chi connectivity index (χ0v) is 15.0. The zero-order valence-electron chi connectivity index (χ0n) is 15.0. The number of rotatable bonds is 6. The van der Waals surface area contributed by atoms with Crippen molar-refractivity contribution in [2.24, 2.45) is 0 Å². The molecule has 1 amide bonds. The summed E-state index contributed by atoms with van der Waals surface area (Å²) in [7, 11) is 0. The molecule has 4 nitrogen and oxygen atoms in total. The molecular formula is C21H22FN3O. The fraction of sp³-hybridized carbons (Fsp3) is 0.238. The molecule has 0 radical (unpaired) electrons. The lowest BCUT2D eigenvalue weighted by Crippen LogP contribution is -2.26. The summed E-state index contributed by atoms with van der Waals surface area (Å²) < 4.78 is 15.8. The highest BCUT2D eigenvalue weighted by Crippen LogP contribution is 2.24. The van der Waals surface area contributed by atoms with Crippen molar-refractivity contribution in [2.45, 2.75) is 26.7 Å². The van der Waals surface area contributed by atoms with Crippen molar-refractivity contribution in [3.63, 3.8) is 0 Å². The molecule has 0 unspecified atom stereocenters. The van der Waals surface area contributed by atoms with Crippen molar-refractivity contribution < 1.29 is 9.18 Å². The first-order chi connectivity index (χ1) is 12.6. The third-order valence-electron chi connectivity index (χ3n) is 4.15. The molecule has 0 aliphatic heterocycles. The zero-order chi connectivity index (χ0) is 18.5. The molecule has 1 aromatic heterocycles. The minimum absolute atomic E-state index is 0.213. The van der Waals surface area contributed by atoms with Crippen LogP contribution in [0.5, 0.6) is 0 Å². The largest absolute Gasteiger partial charge is 0.351 e. The maximum absolute atomic E-state index is 14.2. The highest BCUT2D eigenvalue weighted by molar-refractivity contribution is 5.94. The van der Waals surface area contributed by atoms with Crippen LogP contribution in [0.25, 0.3) is 16.9 Å². The number of carbonyl (C=O) groups excluding carboxylic acids is 1. The van der Waals surface area contributed by atoms with Gasteiger partial charge in [-0.3, -0.25) is 4.79 Å². The summed E-state index contributed by atoms with van der Waals surface area (Å²) in [4.78, 5) is 12.7. The normalized spacial score (nSPS) is 10.7. The Labute approximate surface area is 152 Å². The van der Waals surface area contributed by atoms with Crippen molar-refractivity contribution in [1.29, 1.82) is 0 Å². The van der Waals surface area contributed by atoms with E-state index in [0.29, 0.717) is 23.5 Å². The highest BCUT2D eigenvalue weighted by atomic mass is 19.1. The number of unbranched alkanes of at least 4 members (excludes halogenated alkanes) is 1. The van der Waals surface area contributed by atoms with E-state index in [9.17, 15) is 9.18 Å². The minimum Gasteiger partial charge on any atom is -0.351 e. The lowest BCUT2D eigenvalue weighted by Gasteiger charge is -2.08. The lowest BCUT2D eigenvalue weighted by atomic mass is 10.1. The molecule has 3 aromatic rings. The quantitative estimate of drug-likeness (QED) is 0.664. The second-order valence-corrected chi connectivity index (χ2v) is 6.25. The first-order valence-corrected chi connectivity index (χ1v) is 8.80. The number of nitrogens with zero attached hydrogens (tertiary/aromatic N) is 2. The van der Waals surface area contributed by atoms with Gasteiger partial charge in [0, 0.05) is 12.1 Å². The van der Waals surface area contributed by atoms with E-state index < -0.39 is 0 Å². The molecule has 0 bridgehead atoms. The Kier molecular flexibility index (Phi) is 5.46. The average molecular weight is 351 g/mol. The van der Waals surface area contributed by atoms with Crippen LogP contribution in [-0.2, 0) is 0 Å². The first kappa shape index (κ1) is 17.9. The number of hydrogen-bond donors (Lipinski definition) is 1. The van der Waals surface area contributed by atoms with E-state index in [1.54, 1.807) is 28.9 Å². The Morgan fingerprint density at radius 1 is 1.15 bits per heavy atom. The molecule has 0 saturated heterocycles. The van der Waals surface area contributed by atoms with Crippen LogP contribution in [-0.4, -0.2) is 22.2 Å². The summed E-state index contributed by atoms with van der Waals surface area (Å²) in [6.07, 6.45) is 1.91. The van der Waals surface area contributed by atoms with Gasteiger partial charge in [0.05, 0.1) is 11.4 Å². The summed E-state index contributed by atoms with van der Waals surface area (Å²) in [6, 6.07) is 15.8. The fourth-order valence-corrected chi connectivity index (χ4v) is 2.77. The molecule has 3 rings (SSSR count). The molecule has 2 aromatic carbocycles. The number of halogens is 1. The van der Waals surface area contributed by atoms with Crippen molar-refractivity contribution in [3.8, 4) is 16.9 Å². The summed E-state index contributed by atoms with van der Waals surface area (Å²) in [5.41, 5.74) is 3.03. The molecule has 0 spiro atoms. The van der Waals surface area contributed by atoms with Crippen LogP contribution >= 0.6 is 0 Å². The second kappa shape index (κ2) is 7.95. The average Bonchev–Trinajstić information content (AvgIpc) is 3.07. The standard InChI is InChI=1S/C21H22FN3O/c1-3-4-12-23-21(26)20-14-19(17-10-5-6-11-18(17)22)24-25(20)16-9-7-8-15(2)13-16/h5-11,13-14H,3-4,12H2,1-2H3,(H,23,26). The second-order valence-electron chi connectivity index (χ2n) is 6.25. The van der Waals surface area contributed by atoms with E-state index in [-0.39, 0.29) is 11.7 Å². The van der Waals surface area contributed by atoms with Gasteiger partial charge in [0.2, 0.25) is 0 Å². The highest BCUT2D eigenvalue weighted by Gasteiger charge is 2.18. The predicted molar refractivity (Wildman–Crippen MR) is 101 cm³/mol. The third-order valence-corrected chi connectivity index (χ3v) is 4.15. The van der Waals surface area contributed by atoms with Gasteiger partial charge in [0.15, 0.2) is 0 Å². The van der Waals surface area contributed by atoms with E-state index in [0.717, 1.165) is 24.1 Å². The van der Waals surface area contributed by atoms with Gasteiger partial charge in [-0.2, -0.15) is 5.10 Å². The Morgan fingerprint density at radius 2 is 1.96 bits per heavy atom. The van der Waals surface area contributed by atoms with E-state index in [4.69, 9.17) is 0 Å². The minimum atomic E-state index is -0.362. The van der Waals surface area contributed by atoms with E-state index in [2.05, 4.69) is 17.3 Å². The Hall–Kier alpha value is -2.95. The van der Waals surface area contributed by atoms with Crippen LogP contribution in [0.4, 0.5) is 4.39 Å². The molecule has 26 heavy (non-hydrogen) atoms. The third kappa shape index (κ3) is 3.82. The maximum Gasteiger partial charge on any atom is 0.270 e. The molecule has 5 heteroatoms.